The van der Waals surface area contributed by atoms with Gasteiger partial charge in [-0.3, -0.25) is 0 Å². The largest absolute Gasteiger partial charge is 0.508 e. The Bertz CT molecular complexity index is 515. The molecule has 0 bridgehead atoms. The molecule has 1 N–H and O–H groups in total. The molecule has 0 amide bonds. The fourth-order valence-electron chi connectivity index (χ4n) is 2.16. The van der Waals surface area contributed by atoms with Crippen molar-refractivity contribution in [3.05, 3.63) is 24.3 Å². The Labute approximate surface area is 105 Å². The van der Waals surface area contributed by atoms with Crippen molar-refractivity contribution in [2.24, 2.45) is 0 Å². The van der Waals surface area contributed by atoms with E-state index >= 15 is 0 Å². The number of aromatic nitrogens is 2. The highest BCUT2D eigenvalue weighted by atomic mass is 16.5. The van der Waals surface area contributed by atoms with Gasteiger partial charge in [0.25, 0.3) is 11.8 Å². The van der Waals surface area contributed by atoms with Gasteiger partial charge in [0.05, 0.1) is 0 Å². The Hall–Kier alpha value is -2.04. The molecule has 1 saturated heterocycles. The molecule has 1 aliphatic heterocycles. The molecular formula is C13H15N3O2. The van der Waals surface area contributed by atoms with Crippen LogP contribution in [0.4, 0.5) is 5.95 Å². The number of piperidine rings is 1. The molecular weight excluding hydrogens is 230 g/mol. The Kier molecular flexibility index (Phi) is 2.88. The van der Waals surface area contributed by atoms with E-state index in [1.54, 1.807) is 24.3 Å². The van der Waals surface area contributed by atoms with Gasteiger partial charge in [-0.1, -0.05) is 0 Å². The van der Waals surface area contributed by atoms with E-state index in [2.05, 4.69) is 15.0 Å². The predicted molar refractivity (Wildman–Crippen MR) is 67.5 cm³/mol. The van der Waals surface area contributed by atoms with Crippen LogP contribution in [0.15, 0.2) is 28.8 Å². The molecule has 5 heteroatoms. The van der Waals surface area contributed by atoms with E-state index in [0.29, 0.717) is 11.8 Å². The van der Waals surface area contributed by atoms with Crippen LogP contribution in [0.2, 0.25) is 0 Å². The first-order valence-electron chi connectivity index (χ1n) is 6.21. The van der Waals surface area contributed by atoms with E-state index in [1.165, 1.54) is 19.3 Å². The molecule has 0 spiro atoms. The van der Waals surface area contributed by atoms with Crippen LogP contribution in [0.25, 0.3) is 11.5 Å². The van der Waals surface area contributed by atoms with Gasteiger partial charge >= 0.3 is 0 Å². The lowest BCUT2D eigenvalue weighted by Crippen LogP contribution is -2.30. The molecule has 0 unspecified atom stereocenters. The number of nitrogens with zero attached hydrogens (tertiary/aromatic N) is 3. The molecule has 0 aliphatic carbocycles. The number of aromatic hydroxyl groups is 1. The summed E-state index contributed by atoms with van der Waals surface area (Å²) < 4.78 is 5.26. The number of benzene rings is 1. The van der Waals surface area contributed by atoms with Crippen molar-refractivity contribution in [3.63, 3.8) is 0 Å². The molecule has 94 valence electrons. The lowest BCUT2D eigenvalue weighted by Gasteiger charge is -2.24. The van der Waals surface area contributed by atoms with Crippen LogP contribution in [-0.4, -0.2) is 28.3 Å². The maximum atomic E-state index is 9.24. The Morgan fingerprint density at radius 2 is 1.78 bits per heavy atom. The minimum Gasteiger partial charge on any atom is -0.508 e. The summed E-state index contributed by atoms with van der Waals surface area (Å²) in [6.07, 6.45) is 3.64. The molecule has 2 heterocycles. The normalized spacial score (nSPS) is 15.9. The second-order valence-corrected chi connectivity index (χ2v) is 4.49. The zero-order valence-corrected chi connectivity index (χ0v) is 10.0. The first-order chi connectivity index (χ1) is 8.83. The van der Waals surface area contributed by atoms with Gasteiger partial charge in [-0.15, -0.1) is 0 Å². The molecule has 3 rings (SSSR count). The third-order valence-corrected chi connectivity index (χ3v) is 3.17. The number of phenols is 1. The molecule has 1 aliphatic rings. The van der Waals surface area contributed by atoms with Crippen LogP contribution in [0.1, 0.15) is 19.3 Å². The zero-order chi connectivity index (χ0) is 12.4. The standard InChI is InChI=1S/C13H15N3O2/c17-11-6-4-10(5-7-11)12-14-13(15-18-12)16-8-2-1-3-9-16/h4-7,17H,1-3,8-9H2. The Balaban J connectivity index is 1.82. The second-order valence-electron chi connectivity index (χ2n) is 4.49. The topological polar surface area (TPSA) is 62.4 Å². The van der Waals surface area contributed by atoms with Crippen molar-refractivity contribution in [3.8, 4) is 17.2 Å². The van der Waals surface area contributed by atoms with Crippen LogP contribution >= 0.6 is 0 Å². The van der Waals surface area contributed by atoms with Gasteiger partial charge in [0.15, 0.2) is 0 Å². The number of phenolic OH excluding ortho intramolecular Hbond substituents is 1. The van der Waals surface area contributed by atoms with Crippen LogP contribution in [0.5, 0.6) is 5.75 Å². The van der Waals surface area contributed by atoms with Gasteiger partial charge < -0.3 is 14.5 Å². The quantitative estimate of drug-likeness (QED) is 0.880. The Morgan fingerprint density at radius 3 is 2.50 bits per heavy atom. The minimum atomic E-state index is 0.231. The van der Waals surface area contributed by atoms with Crippen molar-refractivity contribution in [2.45, 2.75) is 19.3 Å². The van der Waals surface area contributed by atoms with Crippen molar-refractivity contribution in [2.75, 3.05) is 18.0 Å². The van der Waals surface area contributed by atoms with E-state index in [-0.39, 0.29) is 5.75 Å². The third-order valence-electron chi connectivity index (χ3n) is 3.17. The third kappa shape index (κ3) is 2.16. The summed E-state index contributed by atoms with van der Waals surface area (Å²) in [5.41, 5.74) is 0.823. The van der Waals surface area contributed by atoms with Gasteiger partial charge in [0.2, 0.25) is 0 Å². The highest BCUT2D eigenvalue weighted by Crippen LogP contribution is 2.23. The van der Waals surface area contributed by atoms with Gasteiger partial charge in [0.1, 0.15) is 5.75 Å². The number of hydrogen-bond acceptors (Lipinski definition) is 5. The molecule has 0 atom stereocenters. The summed E-state index contributed by atoms with van der Waals surface area (Å²) in [6, 6.07) is 6.76. The summed E-state index contributed by atoms with van der Waals surface area (Å²) >= 11 is 0. The molecule has 18 heavy (non-hydrogen) atoms. The maximum absolute atomic E-state index is 9.24. The summed E-state index contributed by atoms with van der Waals surface area (Å²) in [6.45, 7) is 1.99. The average Bonchev–Trinajstić information content (AvgIpc) is 2.90. The first kappa shape index (κ1) is 11.1. The molecule has 0 radical (unpaired) electrons. The maximum Gasteiger partial charge on any atom is 0.266 e. The summed E-state index contributed by atoms with van der Waals surface area (Å²) in [5, 5.41) is 13.3. The van der Waals surface area contributed by atoms with Gasteiger partial charge in [-0.25, -0.2) is 0 Å². The molecule has 1 aromatic heterocycles. The van der Waals surface area contributed by atoms with E-state index in [1.807, 2.05) is 0 Å². The highest BCUT2D eigenvalue weighted by molar-refractivity contribution is 5.55. The average molecular weight is 245 g/mol. The monoisotopic (exact) mass is 245 g/mol. The van der Waals surface area contributed by atoms with Gasteiger partial charge in [-0.05, 0) is 48.7 Å². The molecule has 2 aromatic rings. The first-order valence-corrected chi connectivity index (χ1v) is 6.21. The van der Waals surface area contributed by atoms with E-state index < -0.39 is 0 Å². The Morgan fingerprint density at radius 1 is 1.06 bits per heavy atom. The summed E-state index contributed by atoms with van der Waals surface area (Å²) in [4.78, 5) is 6.55. The summed E-state index contributed by atoms with van der Waals surface area (Å²) in [7, 11) is 0. The predicted octanol–water partition coefficient (Wildman–Crippen LogP) is 2.43. The second kappa shape index (κ2) is 4.68. The smallest absolute Gasteiger partial charge is 0.266 e. The van der Waals surface area contributed by atoms with E-state index in [4.69, 9.17) is 4.52 Å². The SMILES string of the molecule is Oc1ccc(-c2nc(N3CCCCC3)no2)cc1. The fraction of sp³-hybridized carbons (Fsp3) is 0.385. The van der Waals surface area contributed by atoms with Gasteiger partial charge in [-0.2, -0.15) is 4.98 Å². The lowest BCUT2D eigenvalue weighted by molar-refractivity contribution is 0.426. The molecule has 5 nitrogen and oxygen atoms in total. The number of rotatable bonds is 2. The van der Waals surface area contributed by atoms with Crippen LogP contribution < -0.4 is 4.90 Å². The lowest BCUT2D eigenvalue weighted by atomic mass is 10.1. The highest BCUT2D eigenvalue weighted by Gasteiger charge is 2.17. The van der Waals surface area contributed by atoms with E-state index in [9.17, 15) is 5.11 Å². The van der Waals surface area contributed by atoms with Crippen molar-refractivity contribution < 1.29 is 9.63 Å². The molecule has 1 fully saturated rings. The zero-order valence-electron chi connectivity index (χ0n) is 10.0. The van der Waals surface area contributed by atoms with Gasteiger partial charge in [0, 0.05) is 18.7 Å². The summed E-state index contributed by atoms with van der Waals surface area (Å²) in [5.74, 6) is 1.39. The van der Waals surface area contributed by atoms with Crippen LogP contribution in [0, 0.1) is 0 Å². The fourth-order valence-corrected chi connectivity index (χ4v) is 2.16. The molecule has 0 saturated carbocycles. The number of hydrogen-bond donors (Lipinski definition) is 1. The molecule has 1 aromatic carbocycles. The van der Waals surface area contributed by atoms with Crippen molar-refractivity contribution >= 4 is 5.95 Å². The van der Waals surface area contributed by atoms with Crippen LogP contribution in [0.3, 0.4) is 0 Å². The van der Waals surface area contributed by atoms with E-state index in [0.717, 1.165) is 18.7 Å². The van der Waals surface area contributed by atoms with Crippen molar-refractivity contribution in [1.82, 2.24) is 10.1 Å². The number of anilines is 1. The van der Waals surface area contributed by atoms with Crippen LogP contribution in [-0.2, 0) is 0 Å². The minimum absolute atomic E-state index is 0.231. The van der Waals surface area contributed by atoms with Crippen molar-refractivity contribution in [1.29, 1.82) is 0 Å².